The predicted molar refractivity (Wildman–Crippen MR) is 105 cm³/mol. The van der Waals surface area contributed by atoms with Gasteiger partial charge in [-0.3, -0.25) is 0 Å². The van der Waals surface area contributed by atoms with E-state index in [0.717, 1.165) is 41.3 Å². The van der Waals surface area contributed by atoms with E-state index in [2.05, 4.69) is 46.4 Å². The summed E-state index contributed by atoms with van der Waals surface area (Å²) in [6.45, 7) is 0. The third-order valence-electron chi connectivity index (χ3n) is 5.26. The smallest absolute Gasteiger partial charge is 0.233 e. The molecule has 1 unspecified atom stereocenters. The van der Waals surface area contributed by atoms with E-state index in [1.807, 2.05) is 6.07 Å². The monoisotopic (exact) mass is 357 g/mol. The van der Waals surface area contributed by atoms with Gasteiger partial charge in [-0.1, -0.05) is 30.4 Å². The number of rotatable bonds is 2. The third kappa shape index (κ3) is 2.70. The number of hydrogen-bond acceptors (Lipinski definition) is 6. The van der Waals surface area contributed by atoms with Crippen molar-refractivity contribution in [2.45, 2.75) is 19.3 Å². The van der Waals surface area contributed by atoms with Crippen molar-refractivity contribution >= 4 is 28.9 Å². The lowest BCUT2D eigenvalue weighted by Crippen LogP contribution is -2.23. The average Bonchev–Trinajstić information content (AvgIpc) is 2.94. The molecule has 0 fully saturated rings. The Kier molecular flexibility index (Phi) is 3.57. The lowest BCUT2D eigenvalue weighted by atomic mass is 9.83. The molecule has 2 aliphatic rings. The van der Waals surface area contributed by atoms with Gasteiger partial charge in [-0.2, -0.15) is 9.97 Å². The summed E-state index contributed by atoms with van der Waals surface area (Å²) >= 11 is 0. The topological polar surface area (TPSA) is 103 Å². The van der Waals surface area contributed by atoms with Crippen molar-refractivity contribution < 1.29 is 4.42 Å². The van der Waals surface area contributed by atoms with Crippen LogP contribution in [0.2, 0.25) is 0 Å². The van der Waals surface area contributed by atoms with Gasteiger partial charge in [0.1, 0.15) is 5.82 Å². The van der Waals surface area contributed by atoms with Crippen LogP contribution in [0.3, 0.4) is 0 Å². The van der Waals surface area contributed by atoms with E-state index in [-0.39, 0.29) is 5.95 Å². The van der Waals surface area contributed by atoms with Gasteiger partial charge in [0, 0.05) is 5.56 Å². The van der Waals surface area contributed by atoms with E-state index in [4.69, 9.17) is 20.9 Å². The number of anilines is 2. The highest BCUT2D eigenvalue weighted by molar-refractivity contribution is 5.88. The molecule has 0 bridgehead atoms. The van der Waals surface area contributed by atoms with Gasteiger partial charge in [-0.15, -0.1) is 0 Å². The molecule has 6 nitrogen and oxygen atoms in total. The Morgan fingerprint density at radius 2 is 2.04 bits per heavy atom. The van der Waals surface area contributed by atoms with Crippen molar-refractivity contribution in [1.82, 2.24) is 9.97 Å². The van der Waals surface area contributed by atoms with Gasteiger partial charge in [-0.25, -0.2) is 4.99 Å². The Labute approximate surface area is 155 Å². The molecular formula is C21H19N5O. The van der Waals surface area contributed by atoms with Crippen LogP contribution in [0.25, 0.3) is 17.2 Å². The second kappa shape index (κ2) is 6.09. The first-order valence-electron chi connectivity index (χ1n) is 9.01. The third-order valence-corrected chi connectivity index (χ3v) is 5.26. The van der Waals surface area contributed by atoms with Crippen LogP contribution in [-0.4, -0.2) is 9.97 Å². The summed E-state index contributed by atoms with van der Waals surface area (Å²) in [7, 11) is 0. The molecule has 3 heterocycles. The van der Waals surface area contributed by atoms with E-state index in [1.54, 1.807) is 6.26 Å². The van der Waals surface area contributed by atoms with E-state index in [0.29, 0.717) is 17.4 Å². The number of nitrogens with zero attached hydrogens (tertiary/aromatic N) is 3. The molecule has 2 aromatic heterocycles. The summed E-state index contributed by atoms with van der Waals surface area (Å²) in [6, 6.07) is 8.25. The summed E-state index contributed by atoms with van der Waals surface area (Å²) in [5.74, 6) is 0.824. The Morgan fingerprint density at radius 3 is 2.96 bits per heavy atom. The number of fused-ring (bicyclic) bond motifs is 2. The lowest BCUT2D eigenvalue weighted by Gasteiger charge is -2.22. The van der Waals surface area contributed by atoms with Crippen molar-refractivity contribution in [3.63, 3.8) is 0 Å². The van der Waals surface area contributed by atoms with E-state index in [9.17, 15) is 0 Å². The molecule has 4 N–H and O–H groups in total. The number of nitrogen functional groups attached to an aromatic ring is 2. The fraction of sp³-hybridized carbons (Fsp3) is 0.190. The molecule has 0 saturated heterocycles. The fourth-order valence-electron chi connectivity index (χ4n) is 3.96. The zero-order valence-corrected chi connectivity index (χ0v) is 14.7. The fourth-order valence-corrected chi connectivity index (χ4v) is 3.96. The van der Waals surface area contributed by atoms with Gasteiger partial charge in [0.25, 0.3) is 0 Å². The number of aromatic nitrogens is 2. The first-order chi connectivity index (χ1) is 13.2. The van der Waals surface area contributed by atoms with Crippen LogP contribution in [0.15, 0.2) is 63.4 Å². The highest BCUT2D eigenvalue weighted by Gasteiger charge is 2.23. The van der Waals surface area contributed by atoms with Gasteiger partial charge in [-0.05, 0) is 48.1 Å². The molecular weight excluding hydrogens is 338 g/mol. The SMILES string of the molecule is Nc1nc(N)c2c(CC3CC=CC4=C3CC=c3ccccc3=N4)coc2n1. The Hall–Kier alpha value is -3.41. The molecule has 3 aromatic rings. The number of hydrogen-bond donors (Lipinski definition) is 2. The number of allylic oxidation sites excluding steroid dienone is 3. The first kappa shape index (κ1) is 15.8. The summed E-state index contributed by atoms with van der Waals surface area (Å²) in [5.41, 5.74) is 15.6. The Morgan fingerprint density at radius 1 is 1.15 bits per heavy atom. The van der Waals surface area contributed by atoms with Gasteiger partial charge >= 0.3 is 0 Å². The second-order valence-electron chi connectivity index (χ2n) is 6.94. The van der Waals surface area contributed by atoms with Crippen LogP contribution < -0.4 is 22.0 Å². The minimum absolute atomic E-state index is 0.126. The number of nitrogens with two attached hydrogens (primary N) is 2. The van der Waals surface area contributed by atoms with Crippen molar-refractivity contribution in [2.75, 3.05) is 11.5 Å². The molecule has 27 heavy (non-hydrogen) atoms. The highest BCUT2D eigenvalue weighted by atomic mass is 16.3. The van der Waals surface area contributed by atoms with Crippen molar-refractivity contribution in [3.8, 4) is 0 Å². The Bertz CT molecular complexity index is 1240. The zero-order valence-electron chi connectivity index (χ0n) is 14.7. The molecule has 0 radical (unpaired) electrons. The first-order valence-corrected chi connectivity index (χ1v) is 9.01. The minimum atomic E-state index is 0.126. The van der Waals surface area contributed by atoms with Crippen LogP contribution >= 0.6 is 0 Å². The molecule has 1 aliphatic heterocycles. The van der Waals surface area contributed by atoms with Crippen LogP contribution in [-0.2, 0) is 6.42 Å². The lowest BCUT2D eigenvalue weighted by molar-refractivity contribution is 0.571. The maximum atomic E-state index is 6.08. The maximum Gasteiger partial charge on any atom is 0.233 e. The summed E-state index contributed by atoms with van der Waals surface area (Å²) in [4.78, 5) is 13.1. The molecule has 0 spiro atoms. The Balaban J connectivity index is 1.55. The van der Waals surface area contributed by atoms with Crippen molar-refractivity contribution in [2.24, 2.45) is 10.9 Å². The van der Waals surface area contributed by atoms with Gasteiger partial charge < -0.3 is 15.9 Å². The standard InChI is InChI=1S/C21H19N5O/c22-19-18-14(11-27-20(18)26-21(23)25-19)10-13-5-3-7-17-15(13)9-8-12-4-1-2-6-16(12)24-17/h1-4,6-8,11,13H,5,9-10H2,(H4,22,23,25,26). The van der Waals surface area contributed by atoms with Crippen LogP contribution in [0.1, 0.15) is 18.4 Å². The molecule has 1 aliphatic carbocycles. The maximum absolute atomic E-state index is 6.08. The summed E-state index contributed by atoms with van der Waals surface area (Å²) in [6.07, 6.45) is 11.0. The quantitative estimate of drug-likeness (QED) is 0.732. The summed E-state index contributed by atoms with van der Waals surface area (Å²) in [5, 5.41) is 2.97. The minimum Gasteiger partial charge on any atom is -0.446 e. The van der Waals surface area contributed by atoms with Crippen LogP contribution in [0.4, 0.5) is 11.8 Å². The van der Waals surface area contributed by atoms with E-state index >= 15 is 0 Å². The van der Waals surface area contributed by atoms with Gasteiger partial charge in [0.2, 0.25) is 11.7 Å². The molecule has 134 valence electrons. The average molecular weight is 357 g/mol. The zero-order chi connectivity index (χ0) is 18.4. The number of furan rings is 1. The molecule has 1 atom stereocenters. The molecule has 0 saturated carbocycles. The summed E-state index contributed by atoms with van der Waals surface area (Å²) < 4.78 is 5.59. The second-order valence-corrected chi connectivity index (χ2v) is 6.94. The predicted octanol–water partition coefficient (Wildman–Crippen LogP) is 2.26. The molecule has 0 amide bonds. The van der Waals surface area contributed by atoms with E-state index < -0.39 is 0 Å². The van der Waals surface area contributed by atoms with Gasteiger partial charge in [0.15, 0.2) is 0 Å². The van der Waals surface area contributed by atoms with Crippen LogP contribution in [0.5, 0.6) is 0 Å². The van der Waals surface area contributed by atoms with Crippen molar-refractivity contribution in [3.05, 3.63) is 70.1 Å². The van der Waals surface area contributed by atoms with Crippen LogP contribution in [0, 0.1) is 5.92 Å². The van der Waals surface area contributed by atoms with Crippen molar-refractivity contribution in [1.29, 1.82) is 0 Å². The van der Waals surface area contributed by atoms with E-state index in [1.165, 1.54) is 10.8 Å². The molecule has 5 rings (SSSR count). The number of para-hydroxylation sites is 1. The number of benzene rings is 1. The van der Waals surface area contributed by atoms with Gasteiger partial charge in [0.05, 0.1) is 22.7 Å². The largest absolute Gasteiger partial charge is 0.446 e. The normalized spacial score (nSPS) is 18.4. The molecule has 6 heteroatoms. The molecule has 1 aromatic carbocycles. The highest BCUT2D eigenvalue weighted by Crippen LogP contribution is 2.35.